The molecule has 2 amide bonds. The van der Waals surface area contributed by atoms with Crippen LogP contribution in [0.4, 0.5) is 0 Å². The van der Waals surface area contributed by atoms with Gasteiger partial charge in [0, 0.05) is 56.9 Å². The molecule has 2 fully saturated rings. The molecule has 0 atom stereocenters. The third kappa shape index (κ3) is 3.87. The quantitative estimate of drug-likeness (QED) is 0.756. The lowest BCUT2D eigenvalue weighted by Gasteiger charge is -2.37. The zero-order valence-electron chi connectivity index (χ0n) is 13.9. The van der Waals surface area contributed by atoms with E-state index in [9.17, 15) is 9.59 Å². The first-order valence-corrected chi connectivity index (χ1v) is 8.80. The predicted octanol–water partition coefficient (Wildman–Crippen LogP) is 1.36. The van der Waals surface area contributed by atoms with Crippen LogP contribution in [0.15, 0.2) is 18.3 Å². The van der Waals surface area contributed by atoms with E-state index < -0.39 is 0 Å². The second-order valence-corrected chi connectivity index (χ2v) is 6.95. The van der Waals surface area contributed by atoms with Crippen molar-refractivity contribution in [3.63, 3.8) is 0 Å². The number of halogens is 1. The van der Waals surface area contributed by atoms with Crippen LogP contribution < -0.4 is 0 Å². The molecular weight excluding hydrogens is 328 g/mol. The van der Waals surface area contributed by atoms with Gasteiger partial charge in [-0.2, -0.15) is 0 Å². The molecule has 6 nitrogen and oxygen atoms in total. The van der Waals surface area contributed by atoms with Gasteiger partial charge in [-0.25, -0.2) is 4.98 Å². The number of carbonyl (C=O) groups is 2. The van der Waals surface area contributed by atoms with Crippen LogP contribution in [-0.4, -0.2) is 77.8 Å². The summed E-state index contributed by atoms with van der Waals surface area (Å²) in [5, 5.41) is 0.320. The summed E-state index contributed by atoms with van der Waals surface area (Å²) >= 11 is 5.85. The highest BCUT2D eigenvalue weighted by molar-refractivity contribution is 6.29. The molecular formula is C17H23ClN4O2. The van der Waals surface area contributed by atoms with E-state index in [0.717, 1.165) is 39.0 Å². The maximum absolute atomic E-state index is 12.6. The van der Waals surface area contributed by atoms with Crippen LogP contribution in [0.25, 0.3) is 0 Å². The number of carbonyl (C=O) groups excluding carboxylic acids is 2. The number of rotatable bonds is 2. The SMILES string of the molecule is CN1CCN(C(=O)C2CCN(C(=O)c3ccnc(Cl)c3)CC2)CC1. The molecule has 1 aromatic heterocycles. The summed E-state index contributed by atoms with van der Waals surface area (Å²) in [7, 11) is 2.08. The Kier molecular flexibility index (Phi) is 5.36. The van der Waals surface area contributed by atoms with E-state index in [0.29, 0.717) is 23.8 Å². The van der Waals surface area contributed by atoms with Gasteiger partial charge in [0.25, 0.3) is 5.91 Å². The second-order valence-electron chi connectivity index (χ2n) is 6.56. The summed E-state index contributed by atoms with van der Waals surface area (Å²) in [6.07, 6.45) is 3.00. The number of amides is 2. The summed E-state index contributed by atoms with van der Waals surface area (Å²) in [4.78, 5) is 35.1. The summed E-state index contributed by atoms with van der Waals surface area (Å²) in [6.45, 7) is 4.72. The van der Waals surface area contributed by atoms with Gasteiger partial charge in [0.05, 0.1) is 0 Å². The standard InChI is InChI=1S/C17H23ClN4O2/c1-20-8-10-22(11-9-20)16(23)13-3-6-21(7-4-13)17(24)14-2-5-19-15(18)12-14/h2,5,12-13H,3-4,6-11H2,1H3. The first kappa shape index (κ1) is 17.2. The summed E-state index contributed by atoms with van der Waals surface area (Å²) in [6, 6.07) is 3.26. The monoisotopic (exact) mass is 350 g/mol. The van der Waals surface area contributed by atoms with E-state index >= 15 is 0 Å². The molecule has 2 saturated heterocycles. The topological polar surface area (TPSA) is 56.8 Å². The lowest BCUT2D eigenvalue weighted by molar-refractivity contribution is -0.138. The fourth-order valence-corrected chi connectivity index (χ4v) is 3.51. The summed E-state index contributed by atoms with van der Waals surface area (Å²) in [5.74, 6) is 0.255. The molecule has 24 heavy (non-hydrogen) atoms. The molecule has 0 radical (unpaired) electrons. The van der Waals surface area contributed by atoms with Crippen LogP contribution in [0.3, 0.4) is 0 Å². The van der Waals surface area contributed by atoms with Gasteiger partial charge in [0.2, 0.25) is 5.91 Å². The summed E-state index contributed by atoms with van der Waals surface area (Å²) in [5.41, 5.74) is 0.554. The fourth-order valence-electron chi connectivity index (χ4n) is 3.33. The Morgan fingerprint density at radius 1 is 1.08 bits per heavy atom. The smallest absolute Gasteiger partial charge is 0.254 e. The van der Waals surface area contributed by atoms with Crippen molar-refractivity contribution in [2.24, 2.45) is 5.92 Å². The molecule has 130 valence electrons. The molecule has 2 aliphatic rings. The van der Waals surface area contributed by atoms with Gasteiger partial charge < -0.3 is 14.7 Å². The first-order valence-electron chi connectivity index (χ1n) is 8.43. The zero-order chi connectivity index (χ0) is 17.1. The Labute approximate surface area is 147 Å². The number of piperazine rings is 1. The number of nitrogens with zero attached hydrogens (tertiary/aromatic N) is 4. The maximum atomic E-state index is 12.6. The van der Waals surface area contributed by atoms with Gasteiger partial charge >= 0.3 is 0 Å². The molecule has 0 N–H and O–H groups in total. The average molecular weight is 351 g/mol. The molecule has 3 rings (SSSR count). The number of likely N-dealkylation sites (N-methyl/N-ethyl adjacent to an activating group) is 1. The molecule has 0 unspecified atom stereocenters. The Morgan fingerprint density at radius 3 is 2.38 bits per heavy atom. The van der Waals surface area contributed by atoms with E-state index in [1.54, 1.807) is 23.2 Å². The minimum atomic E-state index is -0.0372. The van der Waals surface area contributed by atoms with Crippen molar-refractivity contribution in [2.45, 2.75) is 12.8 Å². The van der Waals surface area contributed by atoms with Gasteiger partial charge in [0.1, 0.15) is 5.15 Å². The molecule has 1 aromatic rings. The molecule has 2 aliphatic heterocycles. The van der Waals surface area contributed by atoms with Crippen LogP contribution in [0.5, 0.6) is 0 Å². The van der Waals surface area contributed by atoms with Crippen molar-refractivity contribution >= 4 is 23.4 Å². The molecule has 0 spiro atoms. The molecule has 0 bridgehead atoms. The molecule has 3 heterocycles. The number of pyridine rings is 1. The maximum Gasteiger partial charge on any atom is 0.254 e. The highest BCUT2D eigenvalue weighted by Gasteiger charge is 2.31. The van der Waals surface area contributed by atoms with Crippen molar-refractivity contribution < 1.29 is 9.59 Å². The number of hydrogen-bond acceptors (Lipinski definition) is 4. The first-order chi connectivity index (χ1) is 11.5. The van der Waals surface area contributed by atoms with Crippen molar-refractivity contribution in [2.75, 3.05) is 46.3 Å². The van der Waals surface area contributed by atoms with Crippen LogP contribution in [0.2, 0.25) is 5.15 Å². The minimum absolute atomic E-state index is 0.0372. The van der Waals surface area contributed by atoms with Gasteiger partial charge in [-0.3, -0.25) is 9.59 Å². The second kappa shape index (κ2) is 7.49. The predicted molar refractivity (Wildman–Crippen MR) is 92.0 cm³/mol. The number of likely N-dealkylation sites (tertiary alicyclic amines) is 1. The largest absolute Gasteiger partial charge is 0.340 e. The minimum Gasteiger partial charge on any atom is -0.340 e. The lowest BCUT2D eigenvalue weighted by atomic mass is 9.94. The molecule has 7 heteroatoms. The normalized spacial score (nSPS) is 20.2. The fraction of sp³-hybridized carbons (Fsp3) is 0.588. The van der Waals surface area contributed by atoms with Crippen molar-refractivity contribution in [1.82, 2.24) is 19.7 Å². The van der Waals surface area contributed by atoms with Crippen molar-refractivity contribution in [3.8, 4) is 0 Å². The molecule has 0 aliphatic carbocycles. The van der Waals surface area contributed by atoms with Gasteiger partial charge in [-0.05, 0) is 32.0 Å². The summed E-state index contributed by atoms with van der Waals surface area (Å²) < 4.78 is 0. The highest BCUT2D eigenvalue weighted by atomic mass is 35.5. The Balaban J connectivity index is 1.54. The van der Waals surface area contributed by atoms with E-state index in [1.807, 2.05) is 4.90 Å². The lowest BCUT2D eigenvalue weighted by Crippen LogP contribution is -2.51. The van der Waals surface area contributed by atoms with Crippen LogP contribution in [-0.2, 0) is 4.79 Å². The van der Waals surface area contributed by atoms with Crippen molar-refractivity contribution in [3.05, 3.63) is 29.0 Å². The van der Waals surface area contributed by atoms with Crippen molar-refractivity contribution in [1.29, 1.82) is 0 Å². The highest BCUT2D eigenvalue weighted by Crippen LogP contribution is 2.22. The number of aromatic nitrogens is 1. The van der Waals surface area contributed by atoms with Crippen LogP contribution in [0, 0.1) is 5.92 Å². The van der Waals surface area contributed by atoms with E-state index in [-0.39, 0.29) is 17.7 Å². The zero-order valence-corrected chi connectivity index (χ0v) is 14.7. The van der Waals surface area contributed by atoms with E-state index in [2.05, 4.69) is 16.9 Å². The average Bonchev–Trinajstić information content (AvgIpc) is 2.61. The van der Waals surface area contributed by atoms with Gasteiger partial charge in [-0.1, -0.05) is 11.6 Å². The number of hydrogen-bond donors (Lipinski definition) is 0. The van der Waals surface area contributed by atoms with E-state index in [1.165, 1.54) is 0 Å². The third-order valence-electron chi connectivity index (χ3n) is 4.92. The Hall–Kier alpha value is -1.66. The van der Waals surface area contributed by atoms with E-state index in [4.69, 9.17) is 11.6 Å². The number of piperidine rings is 1. The van der Waals surface area contributed by atoms with Gasteiger partial charge in [-0.15, -0.1) is 0 Å². The van der Waals surface area contributed by atoms with Crippen LogP contribution in [0.1, 0.15) is 23.2 Å². The Morgan fingerprint density at radius 2 is 1.75 bits per heavy atom. The molecule has 0 saturated carbocycles. The van der Waals surface area contributed by atoms with Crippen LogP contribution >= 0.6 is 11.6 Å². The Bertz CT molecular complexity index is 608. The third-order valence-corrected chi connectivity index (χ3v) is 5.13. The van der Waals surface area contributed by atoms with Gasteiger partial charge in [0.15, 0.2) is 0 Å². The molecule has 0 aromatic carbocycles.